The maximum Gasteiger partial charge on any atom is 0.0478 e. The van der Waals surface area contributed by atoms with E-state index in [1.807, 2.05) is 18.3 Å². The number of aryl methyl sites for hydroxylation is 1. The van der Waals surface area contributed by atoms with Crippen LogP contribution in [0.1, 0.15) is 42.5 Å². The minimum atomic E-state index is 0.307. The van der Waals surface area contributed by atoms with E-state index in [4.69, 9.17) is 5.73 Å². The lowest BCUT2D eigenvalue weighted by Gasteiger charge is -2.16. The summed E-state index contributed by atoms with van der Waals surface area (Å²) in [6.07, 6.45) is 5.12. The fourth-order valence-corrected chi connectivity index (χ4v) is 2.44. The maximum atomic E-state index is 5.75. The second kappa shape index (κ2) is 7.05. The number of hydrogen-bond donors (Lipinski definition) is 1. The van der Waals surface area contributed by atoms with Crippen molar-refractivity contribution in [3.8, 4) is 0 Å². The highest BCUT2D eigenvalue weighted by atomic mass is 14.7. The van der Waals surface area contributed by atoms with E-state index in [0.29, 0.717) is 12.5 Å². The second-order valence-corrected chi connectivity index (χ2v) is 4.88. The molecule has 0 saturated heterocycles. The summed E-state index contributed by atoms with van der Waals surface area (Å²) in [6, 6.07) is 15.0. The maximum absolute atomic E-state index is 5.75. The Morgan fingerprint density at radius 1 is 1.11 bits per heavy atom. The Morgan fingerprint density at radius 3 is 2.47 bits per heavy atom. The van der Waals surface area contributed by atoms with E-state index in [-0.39, 0.29) is 0 Å². The Morgan fingerprint density at radius 2 is 1.89 bits per heavy atom. The molecule has 0 radical (unpaired) electrons. The molecule has 0 fully saturated rings. The summed E-state index contributed by atoms with van der Waals surface area (Å²) in [5.74, 6) is 0.307. The van der Waals surface area contributed by atoms with Gasteiger partial charge in [-0.3, -0.25) is 4.98 Å². The van der Waals surface area contributed by atoms with Crippen LogP contribution in [0.4, 0.5) is 0 Å². The molecule has 0 amide bonds. The monoisotopic (exact) mass is 254 g/mol. The van der Waals surface area contributed by atoms with Crippen molar-refractivity contribution < 1.29 is 0 Å². The average molecular weight is 254 g/mol. The molecule has 2 heteroatoms. The molecule has 0 aliphatic carbocycles. The van der Waals surface area contributed by atoms with Gasteiger partial charge in [0, 0.05) is 17.8 Å². The molecule has 0 aliphatic heterocycles. The molecule has 100 valence electrons. The van der Waals surface area contributed by atoms with E-state index >= 15 is 0 Å². The minimum absolute atomic E-state index is 0.307. The van der Waals surface area contributed by atoms with Crippen molar-refractivity contribution in [2.45, 2.75) is 32.1 Å². The van der Waals surface area contributed by atoms with Crippen LogP contribution in [0, 0.1) is 0 Å². The zero-order valence-electron chi connectivity index (χ0n) is 11.5. The van der Waals surface area contributed by atoms with Gasteiger partial charge >= 0.3 is 0 Å². The summed E-state index contributed by atoms with van der Waals surface area (Å²) in [5, 5.41) is 0. The molecule has 0 aliphatic rings. The van der Waals surface area contributed by atoms with Crippen LogP contribution in [0.15, 0.2) is 48.7 Å². The van der Waals surface area contributed by atoms with Crippen molar-refractivity contribution in [1.82, 2.24) is 4.98 Å². The molecular formula is C17H22N2. The van der Waals surface area contributed by atoms with E-state index in [0.717, 1.165) is 18.5 Å². The van der Waals surface area contributed by atoms with Crippen LogP contribution in [0.25, 0.3) is 0 Å². The van der Waals surface area contributed by atoms with Gasteiger partial charge in [-0.05, 0) is 42.6 Å². The summed E-state index contributed by atoms with van der Waals surface area (Å²) >= 11 is 0. The van der Waals surface area contributed by atoms with Crippen LogP contribution >= 0.6 is 0 Å². The summed E-state index contributed by atoms with van der Waals surface area (Å²) in [7, 11) is 0. The number of nitrogens with two attached hydrogens (primary N) is 1. The van der Waals surface area contributed by atoms with Crippen LogP contribution in [0.3, 0.4) is 0 Å². The van der Waals surface area contributed by atoms with Gasteiger partial charge in [0.05, 0.1) is 0 Å². The molecule has 1 unspecified atom stereocenters. The summed E-state index contributed by atoms with van der Waals surface area (Å²) in [6.45, 7) is 2.89. The van der Waals surface area contributed by atoms with Crippen LogP contribution in [-0.4, -0.2) is 11.5 Å². The van der Waals surface area contributed by atoms with Gasteiger partial charge in [-0.15, -0.1) is 0 Å². The van der Waals surface area contributed by atoms with Crippen LogP contribution in [-0.2, 0) is 6.42 Å². The number of rotatable bonds is 6. The molecule has 2 nitrogen and oxygen atoms in total. The van der Waals surface area contributed by atoms with Gasteiger partial charge in [-0.25, -0.2) is 0 Å². The largest absolute Gasteiger partial charge is 0.330 e. The van der Waals surface area contributed by atoms with E-state index in [1.165, 1.54) is 17.5 Å². The first-order valence-corrected chi connectivity index (χ1v) is 7.05. The highest BCUT2D eigenvalue weighted by Crippen LogP contribution is 2.26. The molecule has 1 aromatic carbocycles. The predicted octanol–water partition coefficient (Wildman–Crippen LogP) is 3.51. The molecule has 1 heterocycles. The number of pyridine rings is 1. The average Bonchev–Trinajstić information content (AvgIpc) is 2.47. The minimum Gasteiger partial charge on any atom is -0.330 e. The lowest BCUT2D eigenvalue weighted by Crippen LogP contribution is -2.10. The second-order valence-electron chi connectivity index (χ2n) is 4.88. The molecule has 1 aromatic heterocycles. The van der Waals surface area contributed by atoms with Gasteiger partial charge in [0.25, 0.3) is 0 Å². The predicted molar refractivity (Wildman–Crippen MR) is 80.2 cm³/mol. The molecule has 0 bridgehead atoms. The third kappa shape index (κ3) is 3.65. The molecule has 2 rings (SSSR count). The highest BCUT2D eigenvalue weighted by Gasteiger charge is 2.14. The smallest absolute Gasteiger partial charge is 0.0478 e. The Kier molecular flexibility index (Phi) is 5.10. The highest BCUT2D eigenvalue weighted by molar-refractivity contribution is 5.31. The lowest BCUT2D eigenvalue weighted by molar-refractivity contribution is 0.705. The Balaban J connectivity index is 2.24. The third-order valence-electron chi connectivity index (χ3n) is 3.42. The van der Waals surface area contributed by atoms with Crippen molar-refractivity contribution >= 4 is 0 Å². The molecule has 2 aromatic rings. The van der Waals surface area contributed by atoms with E-state index in [1.54, 1.807) is 0 Å². The number of aromatic nitrogens is 1. The quantitative estimate of drug-likeness (QED) is 0.856. The standard InChI is InChI=1S/C17H22N2/c1-2-5-14-7-9-15(10-8-14)16(11-12-18)17-6-3-4-13-19-17/h3-4,6-10,13,16H,2,5,11-12,18H2,1H3. The van der Waals surface area contributed by atoms with Gasteiger partial charge < -0.3 is 5.73 Å². The van der Waals surface area contributed by atoms with Gasteiger partial charge in [-0.1, -0.05) is 43.7 Å². The molecule has 19 heavy (non-hydrogen) atoms. The first kappa shape index (κ1) is 13.8. The Bertz CT molecular complexity index is 476. The number of nitrogens with zero attached hydrogens (tertiary/aromatic N) is 1. The fourth-order valence-electron chi connectivity index (χ4n) is 2.44. The first-order chi connectivity index (χ1) is 9.35. The zero-order chi connectivity index (χ0) is 13.5. The van der Waals surface area contributed by atoms with Crippen molar-refractivity contribution in [2.75, 3.05) is 6.54 Å². The first-order valence-electron chi connectivity index (χ1n) is 7.05. The van der Waals surface area contributed by atoms with Crippen molar-refractivity contribution in [1.29, 1.82) is 0 Å². The van der Waals surface area contributed by atoms with E-state index in [9.17, 15) is 0 Å². The molecule has 1 atom stereocenters. The van der Waals surface area contributed by atoms with Crippen molar-refractivity contribution in [3.63, 3.8) is 0 Å². The number of benzene rings is 1. The van der Waals surface area contributed by atoms with E-state index in [2.05, 4.69) is 42.2 Å². The SMILES string of the molecule is CCCc1ccc(C(CCN)c2ccccn2)cc1. The molecular weight excluding hydrogens is 232 g/mol. The van der Waals surface area contributed by atoms with Crippen LogP contribution in [0.2, 0.25) is 0 Å². The Hall–Kier alpha value is -1.67. The van der Waals surface area contributed by atoms with Crippen molar-refractivity contribution in [3.05, 3.63) is 65.5 Å². The van der Waals surface area contributed by atoms with Crippen molar-refractivity contribution in [2.24, 2.45) is 5.73 Å². The van der Waals surface area contributed by atoms with Crippen LogP contribution in [0.5, 0.6) is 0 Å². The summed E-state index contributed by atoms with van der Waals surface area (Å²) in [5.41, 5.74) is 9.57. The normalized spacial score (nSPS) is 12.3. The summed E-state index contributed by atoms with van der Waals surface area (Å²) < 4.78 is 0. The van der Waals surface area contributed by atoms with Gasteiger partial charge in [0.1, 0.15) is 0 Å². The Labute approximate surface area is 115 Å². The fraction of sp³-hybridized carbons (Fsp3) is 0.353. The summed E-state index contributed by atoms with van der Waals surface area (Å²) in [4.78, 5) is 4.48. The topological polar surface area (TPSA) is 38.9 Å². The zero-order valence-corrected chi connectivity index (χ0v) is 11.5. The van der Waals surface area contributed by atoms with Crippen LogP contribution < -0.4 is 5.73 Å². The lowest BCUT2D eigenvalue weighted by atomic mass is 9.91. The van der Waals surface area contributed by atoms with Gasteiger partial charge in [0.15, 0.2) is 0 Å². The van der Waals surface area contributed by atoms with Gasteiger partial charge in [-0.2, -0.15) is 0 Å². The third-order valence-corrected chi connectivity index (χ3v) is 3.42. The van der Waals surface area contributed by atoms with Gasteiger partial charge in [0.2, 0.25) is 0 Å². The molecule has 0 spiro atoms. The molecule has 2 N–H and O–H groups in total. The molecule has 0 saturated carbocycles. The van der Waals surface area contributed by atoms with E-state index < -0.39 is 0 Å². The number of hydrogen-bond acceptors (Lipinski definition) is 2.